The Morgan fingerprint density at radius 1 is 1.10 bits per heavy atom. The summed E-state index contributed by atoms with van der Waals surface area (Å²) in [5, 5.41) is 7.10. The van der Waals surface area contributed by atoms with Gasteiger partial charge < -0.3 is 14.6 Å². The van der Waals surface area contributed by atoms with Crippen LogP contribution in [0.1, 0.15) is 34.9 Å². The van der Waals surface area contributed by atoms with E-state index in [1.165, 1.54) is 0 Å². The highest BCUT2D eigenvalue weighted by molar-refractivity contribution is 5.99. The van der Waals surface area contributed by atoms with Crippen molar-refractivity contribution < 1.29 is 9.53 Å². The van der Waals surface area contributed by atoms with Crippen LogP contribution in [0.2, 0.25) is 0 Å². The summed E-state index contributed by atoms with van der Waals surface area (Å²) < 4.78 is 5.22. The van der Waals surface area contributed by atoms with Crippen molar-refractivity contribution >= 4 is 16.9 Å². The minimum Gasteiger partial charge on any atom is -0.497 e. The summed E-state index contributed by atoms with van der Waals surface area (Å²) in [6, 6.07) is 15.7. The maximum atomic E-state index is 13.2. The number of aromatic amines is 2. The molecule has 1 aliphatic heterocycles. The number of H-pyrrole nitrogens is 2. The van der Waals surface area contributed by atoms with Gasteiger partial charge in [-0.25, -0.2) is 4.98 Å². The van der Waals surface area contributed by atoms with Gasteiger partial charge in [0.25, 0.3) is 5.91 Å². The molecule has 2 aromatic carbocycles. The molecular formula is C23H23N5O2. The quantitative estimate of drug-likeness (QED) is 0.541. The summed E-state index contributed by atoms with van der Waals surface area (Å²) in [5.41, 5.74) is 4.31. The van der Waals surface area contributed by atoms with E-state index in [0.29, 0.717) is 24.6 Å². The van der Waals surface area contributed by atoms with Crippen LogP contribution in [0.15, 0.2) is 54.7 Å². The molecule has 3 heterocycles. The highest BCUT2D eigenvalue weighted by Crippen LogP contribution is 2.30. The fraction of sp³-hybridized carbons (Fsp3) is 0.261. The molecule has 0 saturated carbocycles. The van der Waals surface area contributed by atoms with Gasteiger partial charge in [0.05, 0.1) is 35.6 Å². The predicted octanol–water partition coefficient (Wildman–Crippen LogP) is 3.98. The summed E-state index contributed by atoms with van der Waals surface area (Å²) in [7, 11) is 1.63. The molecule has 2 N–H and O–H groups in total. The lowest BCUT2D eigenvalue weighted by Crippen LogP contribution is -2.38. The second kappa shape index (κ2) is 7.67. The Morgan fingerprint density at radius 3 is 2.60 bits per heavy atom. The van der Waals surface area contributed by atoms with Gasteiger partial charge in [0.15, 0.2) is 0 Å². The van der Waals surface area contributed by atoms with Crippen molar-refractivity contribution in [2.75, 3.05) is 20.2 Å². The van der Waals surface area contributed by atoms with Crippen LogP contribution in [0.25, 0.3) is 22.3 Å². The summed E-state index contributed by atoms with van der Waals surface area (Å²) in [5.74, 6) is 2.15. The van der Waals surface area contributed by atoms with Crippen molar-refractivity contribution in [1.82, 2.24) is 25.1 Å². The van der Waals surface area contributed by atoms with Crippen LogP contribution >= 0.6 is 0 Å². The number of carbonyl (C=O) groups is 1. The molecule has 2 aromatic heterocycles. The molecule has 0 bridgehead atoms. The maximum Gasteiger partial charge on any atom is 0.257 e. The first kappa shape index (κ1) is 18.4. The largest absolute Gasteiger partial charge is 0.497 e. The number of rotatable bonds is 4. The molecule has 7 heteroatoms. The van der Waals surface area contributed by atoms with Crippen molar-refractivity contribution in [1.29, 1.82) is 0 Å². The van der Waals surface area contributed by atoms with E-state index in [9.17, 15) is 4.79 Å². The zero-order valence-electron chi connectivity index (χ0n) is 16.8. The van der Waals surface area contributed by atoms with Crippen LogP contribution in [0, 0.1) is 0 Å². The van der Waals surface area contributed by atoms with Gasteiger partial charge in [-0.15, -0.1) is 0 Å². The number of nitrogens with zero attached hydrogens (tertiary/aromatic N) is 3. The van der Waals surface area contributed by atoms with Gasteiger partial charge in [0, 0.05) is 24.6 Å². The zero-order valence-corrected chi connectivity index (χ0v) is 16.8. The van der Waals surface area contributed by atoms with E-state index in [0.717, 1.165) is 46.7 Å². The number of amides is 1. The van der Waals surface area contributed by atoms with E-state index in [-0.39, 0.29) is 5.91 Å². The molecule has 1 saturated heterocycles. The summed E-state index contributed by atoms with van der Waals surface area (Å²) in [6.45, 7) is 1.40. The third kappa shape index (κ3) is 3.32. The van der Waals surface area contributed by atoms with Crippen molar-refractivity contribution in [3.63, 3.8) is 0 Å². The summed E-state index contributed by atoms with van der Waals surface area (Å²) >= 11 is 0. The predicted molar refractivity (Wildman–Crippen MR) is 115 cm³/mol. The second-order valence-corrected chi connectivity index (χ2v) is 7.59. The number of nitrogens with one attached hydrogen (secondary N) is 2. The SMILES string of the molecule is COc1ccc(-c2[nH]ncc2C(=O)N2CCC(c3nc4ccccc4[nH]3)CC2)cc1. The number of likely N-dealkylation sites (tertiary alicyclic amines) is 1. The van der Waals surface area contributed by atoms with Crippen molar-refractivity contribution in [2.24, 2.45) is 0 Å². The Hall–Kier alpha value is -3.61. The lowest BCUT2D eigenvalue weighted by Gasteiger charge is -2.31. The molecule has 7 nitrogen and oxygen atoms in total. The number of para-hydroxylation sites is 2. The number of piperidine rings is 1. The minimum atomic E-state index is 0.0117. The number of methoxy groups -OCH3 is 1. The van der Waals surface area contributed by atoms with E-state index < -0.39 is 0 Å². The molecule has 0 spiro atoms. The van der Waals surface area contributed by atoms with Crippen LogP contribution in [0.4, 0.5) is 0 Å². The topological polar surface area (TPSA) is 86.9 Å². The summed E-state index contributed by atoms with van der Waals surface area (Å²) in [6.07, 6.45) is 3.40. The highest BCUT2D eigenvalue weighted by Gasteiger charge is 2.28. The average Bonchev–Trinajstić information content (AvgIpc) is 3.46. The van der Waals surface area contributed by atoms with Crippen LogP contribution in [-0.4, -0.2) is 51.2 Å². The van der Waals surface area contributed by atoms with Gasteiger partial charge in [0.1, 0.15) is 11.6 Å². The van der Waals surface area contributed by atoms with Gasteiger partial charge in [-0.3, -0.25) is 9.89 Å². The molecule has 30 heavy (non-hydrogen) atoms. The number of fused-ring (bicyclic) bond motifs is 1. The number of ether oxygens (including phenoxy) is 1. The molecule has 1 fully saturated rings. The first-order valence-electron chi connectivity index (χ1n) is 10.1. The van der Waals surface area contributed by atoms with E-state index >= 15 is 0 Å². The van der Waals surface area contributed by atoms with Crippen molar-refractivity contribution in [3.8, 4) is 17.0 Å². The van der Waals surface area contributed by atoms with Gasteiger partial charge in [-0.2, -0.15) is 5.10 Å². The normalized spacial score (nSPS) is 14.9. The van der Waals surface area contributed by atoms with Crippen LogP contribution < -0.4 is 4.74 Å². The van der Waals surface area contributed by atoms with Crippen LogP contribution in [0.3, 0.4) is 0 Å². The van der Waals surface area contributed by atoms with Gasteiger partial charge in [0.2, 0.25) is 0 Å². The lowest BCUT2D eigenvalue weighted by molar-refractivity contribution is 0.0712. The van der Waals surface area contributed by atoms with Crippen molar-refractivity contribution in [3.05, 3.63) is 66.1 Å². The zero-order chi connectivity index (χ0) is 20.5. The fourth-order valence-electron chi connectivity index (χ4n) is 4.12. The fourth-order valence-corrected chi connectivity index (χ4v) is 4.12. The van der Waals surface area contributed by atoms with Gasteiger partial charge in [-0.1, -0.05) is 12.1 Å². The third-order valence-corrected chi connectivity index (χ3v) is 5.83. The Morgan fingerprint density at radius 2 is 1.87 bits per heavy atom. The first-order chi connectivity index (χ1) is 14.7. The number of imidazole rings is 1. The molecule has 5 rings (SSSR count). The molecule has 0 unspecified atom stereocenters. The Bertz CT molecular complexity index is 1140. The summed E-state index contributed by atoms with van der Waals surface area (Å²) in [4.78, 5) is 23.3. The molecule has 152 valence electrons. The van der Waals surface area contributed by atoms with Crippen molar-refractivity contribution in [2.45, 2.75) is 18.8 Å². The Labute approximate surface area is 174 Å². The van der Waals surface area contributed by atoms with E-state index in [1.807, 2.05) is 53.4 Å². The van der Waals surface area contributed by atoms with E-state index in [2.05, 4.69) is 15.2 Å². The van der Waals surface area contributed by atoms with E-state index in [1.54, 1.807) is 13.3 Å². The Balaban J connectivity index is 1.30. The van der Waals surface area contributed by atoms with E-state index in [4.69, 9.17) is 9.72 Å². The molecule has 1 aliphatic rings. The number of hydrogen-bond acceptors (Lipinski definition) is 4. The molecule has 0 aliphatic carbocycles. The Kier molecular flexibility index (Phi) is 4.71. The van der Waals surface area contributed by atoms with Gasteiger partial charge in [-0.05, 0) is 49.2 Å². The third-order valence-electron chi connectivity index (χ3n) is 5.83. The molecule has 1 amide bonds. The second-order valence-electron chi connectivity index (χ2n) is 7.59. The van der Waals surface area contributed by atoms with Crippen LogP contribution in [-0.2, 0) is 0 Å². The monoisotopic (exact) mass is 401 g/mol. The highest BCUT2D eigenvalue weighted by atomic mass is 16.5. The van der Waals surface area contributed by atoms with Crippen LogP contribution in [0.5, 0.6) is 5.75 Å². The minimum absolute atomic E-state index is 0.0117. The lowest BCUT2D eigenvalue weighted by atomic mass is 9.95. The van der Waals surface area contributed by atoms with Gasteiger partial charge >= 0.3 is 0 Å². The standard InChI is InChI=1S/C23H23N5O2/c1-30-17-8-6-15(7-9-17)21-18(14-24-27-21)23(29)28-12-10-16(11-13-28)22-25-19-4-2-3-5-20(19)26-22/h2-9,14,16H,10-13H2,1H3,(H,24,27)(H,25,26). The molecule has 0 atom stereocenters. The maximum absolute atomic E-state index is 13.2. The number of aromatic nitrogens is 4. The molecule has 0 radical (unpaired) electrons. The number of carbonyl (C=O) groups excluding carboxylic acids is 1. The average molecular weight is 401 g/mol. The molecule has 4 aromatic rings. The first-order valence-corrected chi connectivity index (χ1v) is 10.1. The smallest absolute Gasteiger partial charge is 0.257 e. The number of hydrogen-bond donors (Lipinski definition) is 2. The molecular weight excluding hydrogens is 378 g/mol. The number of benzene rings is 2.